The van der Waals surface area contributed by atoms with Gasteiger partial charge in [-0.1, -0.05) is 26.7 Å². The molecule has 2 heterocycles. The Morgan fingerprint density at radius 1 is 1.19 bits per heavy atom. The summed E-state index contributed by atoms with van der Waals surface area (Å²) in [5.41, 5.74) is 1.06. The van der Waals surface area contributed by atoms with Crippen LogP contribution in [0.2, 0.25) is 0 Å². The maximum atomic E-state index is 4.68. The van der Waals surface area contributed by atoms with Crippen molar-refractivity contribution in [3.63, 3.8) is 0 Å². The van der Waals surface area contributed by atoms with Gasteiger partial charge in [0.1, 0.15) is 11.6 Å². The first-order valence-electron chi connectivity index (χ1n) is 8.48. The van der Waals surface area contributed by atoms with Crippen molar-refractivity contribution in [1.82, 2.24) is 14.9 Å². The van der Waals surface area contributed by atoms with Gasteiger partial charge in [-0.3, -0.25) is 4.90 Å². The van der Waals surface area contributed by atoms with E-state index in [0.717, 1.165) is 23.4 Å². The third-order valence-electron chi connectivity index (χ3n) is 4.80. The van der Waals surface area contributed by atoms with Gasteiger partial charge in [0.05, 0.1) is 0 Å². The highest BCUT2D eigenvalue weighted by Gasteiger charge is 2.30. The van der Waals surface area contributed by atoms with Crippen molar-refractivity contribution < 1.29 is 0 Å². The molecule has 1 N–H and O–H groups in total. The van der Waals surface area contributed by atoms with Gasteiger partial charge in [-0.25, -0.2) is 9.97 Å². The number of aromatic nitrogens is 2. The van der Waals surface area contributed by atoms with Crippen molar-refractivity contribution in [3.8, 4) is 0 Å². The minimum absolute atomic E-state index is 0.379. The molecule has 1 saturated heterocycles. The Kier molecular flexibility index (Phi) is 4.43. The minimum atomic E-state index is 0.379. The van der Waals surface area contributed by atoms with Gasteiger partial charge in [0.15, 0.2) is 0 Å². The zero-order valence-electron chi connectivity index (χ0n) is 13.6. The second-order valence-electron chi connectivity index (χ2n) is 6.97. The Morgan fingerprint density at radius 3 is 2.67 bits per heavy atom. The van der Waals surface area contributed by atoms with Crippen LogP contribution in [0.25, 0.3) is 0 Å². The highest BCUT2D eigenvalue weighted by Crippen LogP contribution is 2.27. The lowest BCUT2D eigenvalue weighted by molar-refractivity contribution is 0.245. The van der Waals surface area contributed by atoms with Gasteiger partial charge in [0.2, 0.25) is 0 Å². The summed E-state index contributed by atoms with van der Waals surface area (Å²) >= 11 is 0. The molecule has 4 heteroatoms. The molecule has 1 aliphatic heterocycles. The maximum Gasteiger partial charge on any atom is 0.133 e. The predicted octanol–water partition coefficient (Wildman–Crippen LogP) is 3.34. The molecule has 3 rings (SSSR count). The van der Waals surface area contributed by atoms with E-state index in [1.807, 2.05) is 0 Å². The van der Waals surface area contributed by atoms with Crippen LogP contribution < -0.4 is 5.32 Å². The summed E-state index contributed by atoms with van der Waals surface area (Å²) in [6, 6.07) is 3.46. The molecule has 1 aliphatic carbocycles. The van der Waals surface area contributed by atoms with Crippen LogP contribution in [-0.2, 0) is 0 Å². The monoisotopic (exact) mass is 288 g/mol. The average Bonchev–Trinajstić information content (AvgIpc) is 3.08. The minimum Gasteiger partial charge on any atom is -0.366 e. The second-order valence-corrected chi connectivity index (χ2v) is 6.97. The third kappa shape index (κ3) is 3.54. The number of hydrogen-bond acceptors (Lipinski definition) is 4. The van der Waals surface area contributed by atoms with Crippen LogP contribution in [0.1, 0.15) is 63.4 Å². The molecule has 1 atom stereocenters. The molecule has 21 heavy (non-hydrogen) atoms. The molecule has 1 unspecified atom stereocenters. The molecule has 1 aromatic rings. The molecule has 2 fully saturated rings. The van der Waals surface area contributed by atoms with E-state index in [4.69, 9.17) is 0 Å². The van der Waals surface area contributed by atoms with Crippen molar-refractivity contribution in [2.75, 3.05) is 18.4 Å². The molecule has 0 bridgehead atoms. The van der Waals surface area contributed by atoms with E-state index >= 15 is 0 Å². The maximum absolute atomic E-state index is 4.68. The standard InChI is InChI=1S/C17H28N4/c1-12(2)17-18-13(3)10-16(20-17)19-14-8-9-21(11-14)15-6-4-5-7-15/h10,12,14-15H,4-9,11H2,1-3H3,(H,18,19,20). The van der Waals surface area contributed by atoms with E-state index in [0.29, 0.717) is 12.0 Å². The van der Waals surface area contributed by atoms with Crippen LogP contribution in [0.3, 0.4) is 0 Å². The van der Waals surface area contributed by atoms with Crippen LogP contribution in [0, 0.1) is 6.92 Å². The van der Waals surface area contributed by atoms with Crippen molar-refractivity contribution in [2.24, 2.45) is 0 Å². The van der Waals surface area contributed by atoms with Gasteiger partial charge in [-0.2, -0.15) is 0 Å². The number of likely N-dealkylation sites (tertiary alicyclic amines) is 1. The fourth-order valence-corrected chi connectivity index (χ4v) is 3.64. The van der Waals surface area contributed by atoms with Crippen molar-refractivity contribution in [3.05, 3.63) is 17.6 Å². The highest BCUT2D eigenvalue weighted by molar-refractivity contribution is 5.37. The molecule has 116 valence electrons. The Morgan fingerprint density at radius 2 is 1.95 bits per heavy atom. The zero-order valence-corrected chi connectivity index (χ0v) is 13.6. The summed E-state index contributed by atoms with van der Waals surface area (Å²) in [5.74, 6) is 2.33. The first kappa shape index (κ1) is 14.8. The molecule has 0 spiro atoms. The fourth-order valence-electron chi connectivity index (χ4n) is 3.64. The molecule has 0 radical (unpaired) electrons. The summed E-state index contributed by atoms with van der Waals surface area (Å²) in [6.45, 7) is 8.76. The van der Waals surface area contributed by atoms with Crippen molar-refractivity contribution >= 4 is 5.82 Å². The van der Waals surface area contributed by atoms with Crippen LogP contribution in [-0.4, -0.2) is 40.0 Å². The number of nitrogens with zero attached hydrogens (tertiary/aromatic N) is 3. The van der Waals surface area contributed by atoms with Crippen LogP contribution in [0.5, 0.6) is 0 Å². The number of rotatable bonds is 4. The predicted molar refractivity (Wildman–Crippen MR) is 86.7 cm³/mol. The van der Waals surface area contributed by atoms with Crippen molar-refractivity contribution in [2.45, 2.75) is 70.9 Å². The topological polar surface area (TPSA) is 41.0 Å². The van der Waals surface area contributed by atoms with Gasteiger partial charge in [0.25, 0.3) is 0 Å². The Hall–Kier alpha value is -1.16. The van der Waals surface area contributed by atoms with E-state index in [1.54, 1.807) is 0 Å². The number of anilines is 1. The molecule has 1 saturated carbocycles. The van der Waals surface area contributed by atoms with E-state index < -0.39 is 0 Å². The van der Waals surface area contributed by atoms with Crippen LogP contribution >= 0.6 is 0 Å². The Labute approximate surface area is 128 Å². The molecular formula is C17H28N4. The van der Waals surface area contributed by atoms with E-state index in [1.165, 1.54) is 45.2 Å². The summed E-state index contributed by atoms with van der Waals surface area (Å²) in [5, 5.41) is 3.64. The second kappa shape index (κ2) is 6.30. The van der Waals surface area contributed by atoms with Crippen LogP contribution in [0.4, 0.5) is 5.82 Å². The largest absolute Gasteiger partial charge is 0.366 e. The third-order valence-corrected chi connectivity index (χ3v) is 4.80. The molecule has 2 aliphatic rings. The van der Waals surface area contributed by atoms with Gasteiger partial charge < -0.3 is 5.32 Å². The molecule has 0 amide bonds. The van der Waals surface area contributed by atoms with E-state index in [9.17, 15) is 0 Å². The number of aryl methyl sites for hydroxylation is 1. The highest BCUT2D eigenvalue weighted by atomic mass is 15.2. The number of nitrogens with one attached hydrogen (secondary N) is 1. The summed E-state index contributed by atoms with van der Waals surface area (Å²) in [7, 11) is 0. The van der Waals surface area contributed by atoms with E-state index in [2.05, 4.69) is 47.0 Å². The summed E-state index contributed by atoms with van der Waals surface area (Å²) in [6.07, 6.45) is 6.87. The van der Waals surface area contributed by atoms with Gasteiger partial charge in [0, 0.05) is 42.9 Å². The lowest BCUT2D eigenvalue weighted by Crippen LogP contribution is -2.33. The quantitative estimate of drug-likeness (QED) is 0.922. The first-order chi connectivity index (χ1) is 10.1. The van der Waals surface area contributed by atoms with Gasteiger partial charge in [-0.15, -0.1) is 0 Å². The lowest BCUT2D eigenvalue weighted by Gasteiger charge is -2.23. The summed E-state index contributed by atoms with van der Waals surface area (Å²) in [4.78, 5) is 11.9. The molecule has 1 aromatic heterocycles. The lowest BCUT2D eigenvalue weighted by atomic mass is 10.2. The smallest absolute Gasteiger partial charge is 0.133 e. The molecular weight excluding hydrogens is 260 g/mol. The van der Waals surface area contributed by atoms with Gasteiger partial charge >= 0.3 is 0 Å². The zero-order chi connectivity index (χ0) is 14.8. The van der Waals surface area contributed by atoms with Crippen LogP contribution in [0.15, 0.2) is 6.07 Å². The molecule has 0 aromatic carbocycles. The first-order valence-corrected chi connectivity index (χ1v) is 8.48. The van der Waals surface area contributed by atoms with Crippen molar-refractivity contribution in [1.29, 1.82) is 0 Å². The average molecular weight is 288 g/mol. The summed E-state index contributed by atoms with van der Waals surface area (Å²) < 4.78 is 0. The Balaban J connectivity index is 1.62. The van der Waals surface area contributed by atoms with Gasteiger partial charge in [-0.05, 0) is 26.2 Å². The molecule has 4 nitrogen and oxygen atoms in total. The van der Waals surface area contributed by atoms with E-state index in [-0.39, 0.29) is 0 Å². The number of hydrogen-bond donors (Lipinski definition) is 1. The Bertz CT molecular complexity index is 480. The SMILES string of the molecule is Cc1cc(NC2CCN(C3CCCC3)C2)nc(C(C)C)n1. The normalized spacial score (nSPS) is 24.1. The fraction of sp³-hybridized carbons (Fsp3) is 0.765.